The number of hydrogen-bond donors (Lipinski definition) is 1. The summed E-state index contributed by atoms with van der Waals surface area (Å²) < 4.78 is 6.75. The van der Waals surface area contributed by atoms with Crippen molar-refractivity contribution in [2.45, 2.75) is 0 Å². The molecule has 0 atom stereocenters. The zero-order valence-electron chi connectivity index (χ0n) is 17.6. The maximum absolute atomic E-state index is 12.5. The highest BCUT2D eigenvalue weighted by atomic mass is 16.5. The topological polar surface area (TPSA) is 76.5 Å². The fourth-order valence-corrected chi connectivity index (χ4v) is 3.90. The number of methoxy groups -OCH3 is 1. The Hall–Kier alpha value is -4.13. The number of carbonyl (C=O) groups excluding carboxylic acids is 2. The molecule has 5 rings (SSSR count). The maximum Gasteiger partial charge on any atom is 0.337 e. The molecule has 1 aliphatic heterocycles. The van der Waals surface area contributed by atoms with Gasteiger partial charge in [0.25, 0.3) is 0 Å². The molecule has 0 unspecified atom stereocenters. The molecule has 160 valence electrons. The Morgan fingerprint density at radius 2 is 1.69 bits per heavy atom. The van der Waals surface area contributed by atoms with Crippen molar-refractivity contribution in [1.29, 1.82) is 0 Å². The van der Waals surface area contributed by atoms with Gasteiger partial charge in [-0.1, -0.05) is 18.2 Å². The van der Waals surface area contributed by atoms with Crippen molar-refractivity contribution in [3.8, 4) is 5.69 Å². The summed E-state index contributed by atoms with van der Waals surface area (Å²) in [5, 5.41) is 2.98. The number of aromatic nitrogens is 2. The summed E-state index contributed by atoms with van der Waals surface area (Å²) in [4.78, 5) is 30.9. The van der Waals surface area contributed by atoms with E-state index in [-0.39, 0.29) is 17.8 Å². The van der Waals surface area contributed by atoms with E-state index >= 15 is 0 Å². The number of nitrogens with zero attached hydrogens (tertiary/aromatic N) is 3. The van der Waals surface area contributed by atoms with E-state index in [1.807, 2.05) is 59.2 Å². The van der Waals surface area contributed by atoms with Crippen LogP contribution in [-0.4, -0.2) is 41.6 Å². The number of imidazole rings is 1. The number of anilines is 2. The Morgan fingerprint density at radius 3 is 2.41 bits per heavy atom. The minimum Gasteiger partial charge on any atom is -0.465 e. The Bertz CT molecular complexity index is 1280. The van der Waals surface area contributed by atoms with E-state index in [4.69, 9.17) is 4.74 Å². The van der Waals surface area contributed by atoms with Crippen molar-refractivity contribution in [3.63, 3.8) is 0 Å². The molecule has 0 spiro atoms. The van der Waals surface area contributed by atoms with Crippen molar-refractivity contribution in [2.24, 2.45) is 5.92 Å². The largest absolute Gasteiger partial charge is 0.465 e. The smallest absolute Gasteiger partial charge is 0.337 e. The fraction of sp³-hybridized carbons (Fsp3) is 0.160. The molecule has 1 amide bonds. The Kier molecular flexibility index (Phi) is 5.07. The summed E-state index contributed by atoms with van der Waals surface area (Å²) in [6.07, 6.45) is 1.77. The van der Waals surface area contributed by atoms with Gasteiger partial charge in [0.1, 0.15) is 6.33 Å². The van der Waals surface area contributed by atoms with Crippen LogP contribution in [0.4, 0.5) is 11.4 Å². The highest BCUT2D eigenvalue weighted by Gasteiger charge is 2.33. The Labute approximate surface area is 185 Å². The summed E-state index contributed by atoms with van der Waals surface area (Å²) in [6, 6.07) is 22.8. The molecule has 7 heteroatoms. The summed E-state index contributed by atoms with van der Waals surface area (Å²) in [7, 11) is 1.37. The zero-order valence-corrected chi connectivity index (χ0v) is 17.6. The molecule has 1 aliphatic rings. The lowest BCUT2D eigenvalue weighted by atomic mass is 9.98. The first-order chi connectivity index (χ1) is 15.6. The van der Waals surface area contributed by atoms with Crippen molar-refractivity contribution >= 4 is 34.3 Å². The molecule has 2 heterocycles. The molecule has 3 aromatic carbocycles. The van der Waals surface area contributed by atoms with Crippen molar-refractivity contribution < 1.29 is 14.3 Å². The van der Waals surface area contributed by atoms with Crippen molar-refractivity contribution in [2.75, 3.05) is 30.4 Å². The molecule has 1 N–H and O–H groups in total. The van der Waals surface area contributed by atoms with Crippen LogP contribution in [0.1, 0.15) is 10.4 Å². The summed E-state index contributed by atoms with van der Waals surface area (Å²) in [6.45, 7) is 1.35. The zero-order chi connectivity index (χ0) is 22.1. The van der Waals surface area contributed by atoms with Gasteiger partial charge in [0.15, 0.2) is 0 Å². The van der Waals surface area contributed by atoms with Crippen LogP contribution < -0.4 is 10.2 Å². The number of hydrogen-bond acceptors (Lipinski definition) is 5. The average Bonchev–Trinajstić information content (AvgIpc) is 3.22. The average molecular weight is 426 g/mol. The van der Waals surface area contributed by atoms with Crippen LogP contribution in [0.5, 0.6) is 0 Å². The van der Waals surface area contributed by atoms with E-state index in [0.29, 0.717) is 18.7 Å². The second kappa shape index (κ2) is 8.19. The summed E-state index contributed by atoms with van der Waals surface area (Å²) >= 11 is 0. The minimum atomic E-state index is -0.363. The van der Waals surface area contributed by atoms with Crippen LogP contribution in [0.3, 0.4) is 0 Å². The van der Waals surface area contributed by atoms with Gasteiger partial charge in [-0.15, -0.1) is 0 Å². The predicted octanol–water partition coefficient (Wildman–Crippen LogP) is 3.89. The third kappa shape index (κ3) is 3.69. The van der Waals surface area contributed by atoms with Crippen LogP contribution in [0.2, 0.25) is 0 Å². The van der Waals surface area contributed by atoms with E-state index < -0.39 is 0 Å². The van der Waals surface area contributed by atoms with Gasteiger partial charge < -0.3 is 15.0 Å². The number of para-hydroxylation sites is 1. The molecular formula is C25H22N4O3. The number of rotatable bonds is 5. The molecule has 0 bridgehead atoms. The molecule has 1 aromatic heterocycles. The van der Waals surface area contributed by atoms with E-state index in [1.54, 1.807) is 18.5 Å². The first kappa shape index (κ1) is 19.8. The van der Waals surface area contributed by atoms with Gasteiger partial charge >= 0.3 is 5.97 Å². The number of esters is 1. The molecule has 32 heavy (non-hydrogen) atoms. The second-order valence-corrected chi connectivity index (χ2v) is 7.78. The van der Waals surface area contributed by atoms with Crippen molar-refractivity contribution in [1.82, 2.24) is 9.55 Å². The number of benzene rings is 3. The van der Waals surface area contributed by atoms with E-state index in [0.717, 1.165) is 28.1 Å². The third-order valence-corrected chi connectivity index (χ3v) is 5.76. The van der Waals surface area contributed by atoms with Gasteiger partial charge in [0.05, 0.1) is 29.6 Å². The predicted molar refractivity (Wildman–Crippen MR) is 123 cm³/mol. The Morgan fingerprint density at radius 1 is 0.969 bits per heavy atom. The minimum absolute atomic E-state index is 0.0401. The Balaban J connectivity index is 1.31. The van der Waals surface area contributed by atoms with E-state index in [1.165, 1.54) is 7.11 Å². The van der Waals surface area contributed by atoms with Gasteiger partial charge in [-0.25, -0.2) is 9.78 Å². The maximum atomic E-state index is 12.5. The van der Waals surface area contributed by atoms with Crippen LogP contribution in [0.15, 0.2) is 79.1 Å². The monoisotopic (exact) mass is 426 g/mol. The van der Waals surface area contributed by atoms with Crippen molar-refractivity contribution in [3.05, 3.63) is 84.7 Å². The standard InChI is InChI=1S/C25H22N4O3/c1-32-25(31)17-7-9-20(10-8-17)29-16-26-22-12-11-21(13-23(22)29)28-14-18(15-28)24(30)27-19-5-3-2-4-6-19/h2-13,16,18H,14-15H2,1H3,(H,27,30). The van der Waals surface area contributed by atoms with E-state index in [2.05, 4.69) is 21.3 Å². The molecule has 1 saturated heterocycles. The number of amides is 1. The lowest BCUT2D eigenvalue weighted by Crippen LogP contribution is -2.52. The first-order valence-corrected chi connectivity index (χ1v) is 10.4. The number of carbonyl (C=O) groups is 2. The van der Waals surface area contributed by atoms with Gasteiger partial charge in [0.2, 0.25) is 5.91 Å². The third-order valence-electron chi connectivity index (χ3n) is 5.76. The first-order valence-electron chi connectivity index (χ1n) is 10.4. The van der Waals surface area contributed by atoms with Crippen LogP contribution >= 0.6 is 0 Å². The molecule has 7 nitrogen and oxygen atoms in total. The van der Waals surface area contributed by atoms with E-state index in [9.17, 15) is 9.59 Å². The molecule has 1 fully saturated rings. The quantitative estimate of drug-likeness (QED) is 0.490. The lowest BCUT2D eigenvalue weighted by molar-refractivity contribution is -0.120. The van der Waals surface area contributed by atoms with Gasteiger partial charge in [-0.2, -0.15) is 0 Å². The van der Waals surface area contributed by atoms with Gasteiger partial charge in [0, 0.05) is 30.2 Å². The highest BCUT2D eigenvalue weighted by Crippen LogP contribution is 2.29. The molecular weight excluding hydrogens is 404 g/mol. The van der Waals surface area contributed by atoms with Gasteiger partial charge in [-0.05, 0) is 54.6 Å². The summed E-state index contributed by atoms with van der Waals surface area (Å²) in [5.74, 6) is -0.357. The highest BCUT2D eigenvalue weighted by molar-refractivity contribution is 5.94. The van der Waals surface area contributed by atoms with Crippen LogP contribution in [-0.2, 0) is 9.53 Å². The van der Waals surface area contributed by atoms with Crippen LogP contribution in [0, 0.1) is 5.92 Å². The second-order valence-electron chi connectivity index (χ2n) is 7.78. The number of nitrogens with one attached hydrogen (secondary N) is 1. The fourth-order valence-electron chi connectivity index (χ4n) is 3.90. The normalized spacial score (nSPS) is 13.6. The molecule has 4 aromatic rings. The number of ether oxygens (including phenoxy) is 1. The molecule has 0 aliphatic carbocycles. The number of fused-ring (bicyclic) bond motifs is 1. The van der Waals surface area contributed by atoms with Crippen LogP contribution in [0.25, 0.3) is 16.7 Å². The summed E-state index contributed by atoms with van der Waals surface area (Å²) in [5.41, 5.74) is 5.12. The van der Waals surface area contributed by atoms with Gasteiger partial charge in [-0.3, -0.25) is 9.36 Å². The lowest BCUT2D eigenvalue weighted by Gasteiger charge is -2.40. The SMILES string of the molecule is COC(=O)c1ccc(-n2cnc3ccc(N4CC(C(=O)Nc5ccccc5)C4)cc32)cc1. The molecule has 0 radical (unpaired) electrons. The molecule has 0 saturated carbocycles.